The minimum absolute atomic E-state index is 0. The van der Waals surface area contributed by atoms with Crippen molar-refractivity contribution in [1.82, 2.24) is 9.97 Å². The summed E-state index contributed by atoms with van der Waals surface area (Å²) in [6.07, 6.45) is -21.1. The predicted molar refractivity (Wildman–Crippen MR) is 63.1 cm³/mol. The Balaban J connectivity index is 0.00000625. The molecule has 0 aromatic carbocycles. The summed E-state index contributed by atoms with van der Waals surface area (Å²) in [5.41, 5.74) is -6.89. The van der Waals surface area contributed by atoms with Gasteiger partial charge in [-0.2, -0.15) is 39.5 Å². The largest absolute Gasteiger partial charge is 0.451 e. The second-order valence-corrected chi connectivity index (χ2v) is 5.16. The molecule has 0 aliphatic carbocycles. The van der Waals surface area contributed by atoms with Gasteiger partial charge in [0.2, 0.25) is 5.82 Å². The molecule has 0 fully saturated rings. The Morgan fingerprint density at radius 1 is 0.692 bits per heavy atom. The minimum atomic E-state index is -5.72. The average molecular weight is 450 g/mol. The quantitative estimate of drug-likeness (QED) is 0.548. The molecular formula is C12H11CuF9N2O2. The molecule has 14 heteroatoms. The average Bonchev–Trinajstić information content (AvgIpc) is 2.33. The van der Waals surface area contributed by atoms with Crippen LogP contribution in [0.1, 0.15) is 42.5 Å². The van der Waals surface area contributed by atoms with Crippen LogP contribution in [0.25, 0.3) is 0 Å². The number of aliphatic hydroxyl groups is 2. The monoisotopic (exact) mass is 449 g/mol. The van der Waals surface area contributed by atoms with Gasteiger partial charge >= 0.3 is 18.5 Å². The van der Waals surface area contributed by atoms with Gasteiger partial charge in [0.25, 0.3) is 0 Å². The Morgan fingerprint density at radius 2 is 1.00 bits per heavy atom. The van der Waals surface area contributed by atoms with Gasteiger partial charge < -0.3 is 10.2 Å². The van der Waals surface area contributed by atoms with Crippen LogP contribution in [0, 0.1) is 0 Å². The molecule has 1 aromatic rings. The number of halogens is 9. The first-order chi connectivity index (χ1) is 11.0. The first kappa shape index (κ1) is 24.9. The first-order valence-corrected chi connectivity index (χ1v) is 6.47. The van der Waals surface area contributed by atoms with Gasteiger partial charge in [-0.15, -0.1) is 0 Å². The molecule has 1 radical (unpaired) electrons. The zero-order valence-corrected chi connectivity index (χ0v) is 13.7. The normalized spacial score (nSPS) is 16.7. The molecule has 2 atom stereocenters. The maximum Gasteiger partial charge on any atom is 0.451 e. The fourth-order valence-corrected chi connectivity index (χ4v) is 2.23. The summed E-state index contributed by atoms with van der Waals surface area (Å²) in [5, 5.41) is 18.9. The molecule has 2 unspecified atom stereocenters. The van der Waals surface area contributed by atoms with Gasteiger partial charge in [0, 0.05) is 28.6 Å². The van der Waals surface area contributed by atoms with Crippen LogP contribution in [-0.4, -0.2) is 32.4 Å². The van der Waals surface area contributed by atoms with Crippen molar-refractivity contribution < 1.29 is 66.8 Å². The molecule has 0 amide bonds. The fraction of sp³-hybridized carbons (Fsp3) is 0.667. The third-order valence-electron chi connectivity index (χ3n) is 3.11. The number of hydrogen-bond donors (Lipinski definition) is 2. The Labute approximate surface area is 150 Å². The number of rotatable bonds is 3. The van der Waals surface area contributed by atoms with Crippen molar-refractivity contribution in [2.24, 2.45) is 0 Å². The molecule has 0 aliphatic rings. The molecule has 0 aliphatic heterocycles. The molecule has 2 N–H and O–H groups in total. The summed E-state index contributed by atoms with van der Waals surface area (Å²) in [6, 6.07) is 0. The molecule has 1 rings (SSSR count). The van der Waals surface area contributed by atoms with Gasteiger partial charge in [-0.25, -0.2) is 9.97 Å². The van der Waals surface area contributed by atoms with E-state index in [1.165, 1.54) is 0 Å². The second-order valence-electron chi connectivity index (χ2n) is 5.16. The molecule has 4 nitrogen and oxygen atoms in total. The Kier molecular flexibility index (Phi) is 7.53. The fourth-order valence-electron chi connectivity index (χ4n) is 2.23. The molecule has 155 valence electrons. The number of alkyl halides is 9. The number of nitrogens with zero attached hydrogens (tertiary/aromatic N) is 2. The smallest absolute Gasteiger partial charge is 0.393 e. The van der Waals surface area contributed by atoms with Gasteiger partial charge in [0.1, 0.15) is 0 Å². The van der Waals surface area contributed by atoms with Crippen molar-refractivity contribution in [1.29, 1.82) is 0 Å². The second kappa shape index (κ2) is 7.87. The van der Waals surface area contributed by atoms with E-state index in [0.29, 0.717) is 0 Å². The van der Waals surface area contributed by atoms with Crippen molar-refractivity contribution in [2.75, 3.05) is 0 Å². The zero-order chi connectivity index (χ0) is 20.0. The van der Waals surface area contributed by atoms with Gasteiger partial charge in [0.05, 0.1) is 12.2 Å². The van der Waals surface area contributed by atoms with Gasteiger partial charge in [0.15, 0.2) is 11.4 Å². The topological polar surface area (TPSA) is 66.2 Å². The first-order valence-electron chi connectivity index (χ1n) is 6.47. The van der Waals surface area contributed by atoms with Crippen LogP contribution >= 0.6 is 0 Å². The van der Waals surface area contributed by atoms with E-state index in [4.69, 9.17) is 0 Å². The van der Waals surface area contributed by atoms with E-state index >= 15 is 0 Å². The van der Waals surface area contributed by atoms with Crippen LogP contribution in [0.4, 0.5) is 39.5 Å². The van der Waals surface area contributed by atoms with Crippen molar-refractivity contribution in [3.05, 3.63) is 22.8 Å². The predicted octanol–water partition coefficient (Wildman–Crippen LogP) is 3.38. The van der Waals surface area contributed by atoms with Crippen molar-refractivity contribution in [3.8, 4) is 0 Å². The minimum Gasteiger partial charge on any atom is -0.393 e. The summed E-state index contributed by atoms with van der Waals surface area (Å²) in [4.78, 5) is 4.38. The number of aliphatic hydroxyl groups excluding tert-OH is 2. The van der Waals surface area contributed by atoms with Gasteiger partial charge in [-0.3, -0.25) is 0 Å². The van der Waals surface area contributed by atoms with E-state index in [1.807, 2.05) is 0 Å². The van der Waals surface area contributed by atoms with Crippen LogP contribution in [0.3, 0.4) is 0 Å². The molecule has 0 saturated carbocycles. The zero-order valence-electron chi connectivity index (χ0n) is 12.7. The Morgan fingerprint density at radius 3 is 1.19 bits per heavy atom. The number of aromatic nitrogens is 2. The van der Waals surface area contributed by atoms with Crippen LogP contribution in [0.5, 0.6) is 0 Å². The van der Waals surface area contributed by atoms with Crippen LogP contribution in [0.2, 0.25) is 0 Å². The van der Waals surface area contributed by atoms with Crippen LogP contribution < -0.4 is 0 Å². The molecule has 0 saturated heterocycles. The summed E-state index contributed by atoms with van der Waals surface area (Å²) >= 11 is 0. The molecule has 0 spiro atoms. The summed E-state index contributed by atoms with van der Waals surface area (Å²) in [7, 11) is 0. The van der Waals surface area contributed by atoms with Gasteiger partial charge in [-0.1, -0.05) is 0 Å². The molecule has 26 heavy (non-hydrogen) atoms. The van der Waals surface area contributed by atoms with E-state index in [0.717, 1.165) is 13.8 Å². The van der Waals surface area contributed by atoms with E-state index in [-0.39, 0.29) is 17.1 Å². The SMILES string of the molecule is CC(O)C(c1c(C(F)(F)F)nc(C(F)(F)F)nc1C(F)(F)F)C(C)O.[Cu]. The van der Waals surface area contributed by atoms with Crippen LogP contribution in [0.15, 0.2) is 0 Å². The Bertz CT molecular complexity index is 584. The van der Waals surface area contributed by atoms with Crippen molar-refractivity contribution in [3.63, 3.8) is 0 Å². The third kappa shape index (κ3) is 5.44. The number of hydrogen-bond acceptors (Lipinski definition) is 4. The van der Waals surface area contributed by atoms with Crippen molar-refractivity contribution >= 4 is 0 Å². The molecule has 1 aromatic heterocycles. The summed E-state index contributed by atoms with van der Waals surface area (Å²) < 4.78 is 116. The maximum atomic E-state index is 13.1. The summed E-state index contributed by atoms with van der Waals surface area (Å²) in [5.74, 6) is -4.86. The summed E-state index contributed by atoms with van der Waals surface area (Å²) in [6.45, 7) is 1.55. The van der Waals surface area contributed by atoms with E-state index < -0.39 is 59.4 Å². The van der Waals surface area contributed by atoms with Gasteiger partial charge in [-0.05, 0) is 13.8 Å². The van der Waals surface area contributed by atoms with Crippen molar-refractivity contribution in [2.45, 2.75) is 50.5 Å². The van der Waals surface area contributed by atoms with E-state index in [9.17, 15) is 49.7 Å². The van der Waals surface area contributed by atoms with E-state index in [1.54, 1.807) is 0 Å². The third-order valence-corrected chi connectivity index (χ3v) is 3.11. The molecule has 0 bridgehead atoms. The standard InChI is InChI=1S/C12H11F9N2O2.Cu/c1-3(24)5(4(2)25)6-7(10(13,14)15)22-9(12(19,20)21)23-8(6)11(16,17)18;/h3-5,24-25H,1-2H3;. The molecular weight excluding hydrogens is 439 g/mol. The van der Waals surface area contributed by atoms with Crippen LogP contribution in [-0.2, 0) is 35.6 Å². The van der Waals surface area contributed by atoms with E-state index in [2.05, 4.69) is 9.97 Å². The molecule has 1 heterocycles. The Hall–Kier alpha value is -1.11. The maximum absolute atomic E-state index is 13.1.